The van der Waals surface area contributed by atoms with Gasteiger partial charge in [0.2, 0.25) is 0 Å². The highest BCUT2D eigenvalue weighted by molar-refractivity contribution is 7.17. The van der Waals surface area contributed by atoms with E-state index < -0.39 is 0 Å². The Kier molecular flexibility index (Phi) is 3.32. The van der Waals surface area contributed by atoms with E-state index in [0.29, 0.717) is 0 Å². The van der Waals surface area contributed by atoms with E-state index in [2.05, 4.69) is 25.1 Å². The number of nitrogen functional groups attached to an aromatic ring is 1. The fourth-order valence-electron chi connectivity index (χ4n) is 1.16. The van der Waals surface area contributed by atoms with Crippen LogP contribution in [0.25, 0.3) is 10.1 Å². The van der Waals surface area contributed by atoms with Gasteiger partial charge in [0, 0.05) is 15.5 Å². The summed E-state index contributed by atoms with van der Waals surface area (Å²) in [5.41, 5.74) is 7.92. The Labute approximate surface area is 83.2 Å². The molecule has 0 atom stereocenters. The van der Waals surface area contributed by atoms with Crippen molar-refractivity contribution >= 4 is 27.1 Å². The molecule has 1 heterocycles. The summed E-state index contributed by atoms with van der Waals surface area (Å²) in [5, 5.41) is 3.17. The Hall–Kier alpha value is -1.02. The van der Waals surface area contributed by atoms with Crippen LogP contribution in [-0.2, 0) is 0 Å². The Bertz CT molecular complexity index is 390. The predicted molar refractivity (Wildman–Crippen MR) is 62.3 cm³/mol. The van der Waals surface area contributed by atoms with Gasteiger partial charge in [0.1, 0.15) is 0 Å². The van der Waals surface area contributed by atoms with Gasteiger partial charge in [-0.25, -0.2) is 0 Å². The summed E-state index contributed by atoms with van der Waals surface area (Å²) in [6.45, 7) is 6.09. The summed E-state index contributed by atoms with van der Waals surface area (Å²) in [4.78, 5) is 0. The number of benzene rings is 1. The number of aryl methyl sites for hydroxylation is 1. The first kappa shape index (κ1) is 10.1. The van der Waals surface area contributed by atoms with Crippen LogP contribution in [0.3, 0.4) is 0 Å². The lowest BCUT2D eigenvalue weighted by Crippen LogP contribution is -1.79. The van der Waals surface area contributed by atoms with Gasteiger partial charge in [0.15, 0.2) is 0 Å². The van der Waals surface area contributed by atoms with Crippen molar-refractivity contribution in [2.45, 2.75) is 20.8 Å². The summed E-state index contributed by atoms with van der Waals surface area (Å²) in [5.74, 6) is 0. The maximum Gasteiger partial charge on any atom is 0.0502 e. The number of nitrogens with two attached hydrogens (primary N) is 1. The average Bonchev–Trinajstić information content (AvgIpc) is 2.51. The molecule has 0 radical (unpaired) electrons. The molecule has 0 fully saturated rings. The molecule has 2 N–H and O–H groups in total. The van der Waals surface area contributed by atoms with Crippen LogP contribution in [0, 0.1) is 6.92 Å². The van der Waals surface area contributed by atoms with Crippen molar-refractivity contribution in [1.29, 1.82) is 0 Å². The molecule has 2 heteroatoms. The minimum atomic E-state index is 0.894. The molecule has 0 aliphatic rings. The maximum atomic E-state index is 5.74. The van der Waals surface area contributed by atoms with Crippen molar-refractivity contribution in [2.24, 2.45) is 0 Å². The zero-order valence-electron chi connectivity index (χ0n) is 8.29. The van der Waals surface area contributed by atoms with E-state index in [4.69, 9.17) is 5.73 Å². The number of hydrogen-bond donors (Lipinski definition) is 1. The topological polar surface area (TPSA) is 26.0 Å². The third kappa shape index (κ3) is 2.01. The van der Waals surface area contributed by atoms with Crippen molar-refractivity contribution in [1.82, 2.24) is 0 Å². The first-order valence-electron chi connectivity index (χ1n) is 4.51. The fraction of sp³-hybridized carbons (Fsp3) is 0.273. The summed E-state index contributed by atoms with van der Waals surface area (Å²) >= 11 is 1.70. The van der Waals surface area contributed by atoms with E-state index in [1.165, 1.54) is 15.6 Å². The van der Waals surface area contributed by atoms with Crippen molar-refractivity contribution < 1.29 is 0 Å². The van der Waals surface area contributed by atoms with E-state index in [-0.39, 0.29) is 0 Å². The molecule has 70 valence electrons. The van der Waals surface area contributed by atoms with Crippen LogP contribution in [0.4, 0.5) is 5.69 Å². The third-order valence-corrected chi connectivity index (χ3v) is 2.72. The van der Waals surface area contributed by atoms with Crippen molar-refractivity contribution in [3.05, 3.63) is 29.1 Å². The molecule has 1 nitrogen and oxygen atoms in total. The second kappa shape index (κ2) is 4.28. The highest BCUT2D eigenvalue weighted by Crippen LogP contribution is 2.28. The minimum absolute atomic E-state index is 0.894. The van der Waals surface area contributed by atoms with Gasteiger partial charge in [0.05, 0.1) is 5.69 Å². The number of hydrogen-bond acceptors (Lipinski definition) is 2. The number of anilines is 1. The van der Waals surface area contributed by atoms with Gasteiger partial charge in [-0.15, -0.1) is 11.3 Å². The van der Waals surface area contributed by atoms with E-state index in [9.17, 15) is 0 Å². The molecule has 2 rings (SSSR count). The molecular formula is C11H15NS. The lowest BCUT2D eigenvalue weighted by molar-refractivity contribution is 1.50. The van der Waals surface area contributed by atoms with E-state index in [0.717, 1.165) is 5.69 Å². The first-order valence-corrected chi connectivity index (χ1v) is 5.38. The molecule has 1 aromatic heterocycles. The fourth-order valence-corrected chi connectivity index (χ4v) is 2.10. The average molecular weight is 193 g/mol. The molecule has 0 amide bonds. The highest BCUT2D eigenvalue weighted by atomic mass is 32.1. The van der Waals surface area contributed by atoms with Gasteiger partial charge < -0.3 is 5.73 Å². The molecule has 13 heavy (non-hydrogen) atoms. The normalized spacial score (nSPS) is 9.46. The van der Waals surface area contributed by atoms with Crippen molar-refractivity contribution in [3.63, 3.8) is 0 Å². The van der Waals surface area contributed by atoms with E-state index in [1.807, 2.05) is 19.2 Å². The number of fused-ring (bicyclic) bond motifs is 1. The quantitative estimate of drug-likeness (QED) is 0.676. The monoisotopic (exact) mass is 193 g/mol. The lowest BCUT2D eigenvalue weighted by atomic mass is 10.2. The van der Waals surface area contributed by atoms with Crippen LogP contribution in [0.5, 0.6) is 0 Å². The van der Waals surface area contributed by atoms with Crippen LogP contribution >= 0.6 is 11.3 Å². The first-order chi connectivity index (χ1) is 6.27. The highest BCUT2D eigenvalue weighted by Gasteiger charge is 1.98. The maximum absolute atomic E-state index is 5.74. The van der Waals surface area contributed by atoms with Crippen LogP contribution in [0.15, 0.2) is 23.6 Å². The van der Waals surface area contributed by atoms with Crippen LogP contribution in [-0.4, -0.2) is 0 Å². The minimum Gasteiger partial charge on any atom is -0.398 e. The molecule has 0 bridgehead atoms. The van der Waals surface area contributed by atoms with Gasteiger partial charge in [-0.2, -0.15) is 0 Å². The molecule has 0 saturated carbocycles. The molecular weight excluding hydrogens is 178 g/mol. The summed E-state index contributed by atoms with van der Waals surface area (Å²) < 4.78 is 1.28. The summed E-state index contributed by atoms with van der Waals surface area (Å²) in [7, 11) is 0. The third-order valence-electron chi connectivity index (χ3n) is 1.76. The largest absolute Gasteiger partial charge is 0.398 e. The second-order valence-electron chi connectivity index (χ2n) is 2.69. The van der Waals surface area contributed by atoms with Gasteiger partial charge in [-0.3, -0.25) is 0 Å². The standard InChI is InChI=1S/C9H9NS.C2H6/c1-6-2-3-7-8(10)5-11-9(7)4-6;1-2/h2-5H,10H2,1H3;1-2H3. The van der Waals surface area contributed by atoms with Gasteiger partial charge in [-0.05, 0) is 18.6 Å². The summed E-state index contributed by atoms with van der Waals surface area (Å²) in [6, 6.07) is 6.33. The Morgan fingerprint density at radius 1 is 1.23 bits per heavy atom. The zero-order valence-corrected chi connectivity index (χ0v) is 9.11. The Morgan fingerprint density at radius 3 is 2.62 bits per heavy atom. The predicted octanol–water partition coefficient (Wildman–Crippen LogP) is 3.82. The van der Waals surface area contributed by atoms with Gasteiger partial charge >= 0.3 is 0 Å². The molecule has 1 aromatic carbocycles. The molecule has 0 spiro atoms. The van der Waals surface area contributed by atoms with Crippen molar-refractivity contribution in [3.8, 4) is 0 Å². The van der Waals surface area contributed by atoms with Gasteiger partial charge in [-0.1, -0.05) is 26.0 Å². The Morgan fingerprint density at radius 2 is 1.92 bits per heavy atom. The lowest BCUT2D eigenvalue weighted by Gasteiger charge is -1.92. The van der Waals surface area contributed by atoms with Gasteiger partial charge in [0.25, 0.3) is 0 Å². The number of thiophene rings is 1. The smallest absolute Gasteiger partial charge is 0.0502 e. The van der Waals surface area contributed by atoms with Crippen LogP contribution in [0.1, 0.15) is 19.4 Å². The molecule has 0 unspecified atom stereocenters. The second-order valence-corrected chi connectivity index (χ2v) is 3.60. The van der Waals surface area contributed by atoms with Crippen LogP contribution < -0.4 is 5.73 Å². The molecule has 0 aliphatic heterocycles. The van der Waals surface area contributed by atoms with E-state index in [1.54, 1.807) is 11.3 Å². The number of rotatable bonds is 0. The molecule has 0 saturated heterocycles. The van der Waals surface area contributed by atoms with E-state index >= 15 is 0 Å². The summed E-state index contributed by atoms with van der Waals surface area (Å²) in [6.07, 6.45) is 0. The molecule has 0 aliphatic carbocycles. The molecule has 2 aromatic rings. The van der Waals surface area contributed by atoms with Crippen LogP contribution in [0.2, 0.25) is 0 Å². The van der Waals surface area contributed by atoms with Crippen molar-refractivity contribution in [2.75, 3.05) is 5.73 Å². The Balaban J connectivity index is 0.000000396. The zero-order chi connectivity index (χ0) is 9.84. The SMILES string of the molecule is CC.Cc1ccc2c(N)csc2c1.